The van der Waals surface area contributed by atoms with Crippen LogP contribution in [0.2, 0.25) is 0 Å². The van der Waals surface area contributed by atoms with Crippen LogP contribution in [-0.4, -0.2) is 83.5 Å². The molecule has 2 aromatic rings. The summed E-state index contributed by atoms with van der Waals surface area (Å²) in [6.07, 6.45) is -9.51. The van der Waals surface area contributed by atoms with Crippen LogP contribution in [0.4, 0.5) is 46.0 Å². The summed E-state index contributed by atoms with van der Waals surface area (Å²) in [7, 11) is 2.39. The third-order valence-electron chi connectivity index (χ3n) is 9.63. The van der Waals surface area contributed by atoms with Gasteiger partial charge in [0.05, 0.1) is 17.2 Å². The van der Waals surface area contributed by atoms with Gasteiger partial charge in [-0.15, -0.1) is 0 Å². The molecule has 3 fully saturated rings. The minimum atomic E-state index is -5.12. The third-order valence-corrected chi connectivity index (χ3v) is 9.63. The maximum absolute atomic E-state index is 13.8. The predicted molar refractivity (Wildman–Crippen MR) is 161 cm³/mol. The maximum Gasteiger partial charge on any atom is 0.417 e. The Morgan fingerprint density at radius 1 is 0.857 bits per heavy atom. The molecule has 0 radical (unpaired) electrons. The number of imide groups is 1. The number of carbonyl (C=O) groups excluding carboxylic acids is 4. The molecule has 2 aromatic carbocycles. The molecule has 2 aliphatic heterocycles. The van der Waals surface area contributed by atoms with E-state index in [1.54, 1.807) is 0 Å². The average molecular weight is 701 g/mol. The second-order valence-electron chi connectivity index (χ2n) is 13.2. The number of ether oxygens (including phenoxy) is 1. The zero-order valence-corrected chi connectivity index (χ0v) is 27.1. The molecule has 5 rings (SSSR count). The Hall–Kier alpha value is -4.37. The molecule has 266 valence electrons. The van der Waals surface area contributed by atoms with Crippen LogP contribution in [0.3, 0.4) is 0 Å². The number of benzene rings is 2. The van der Waals surface area contributed by atoms with Crippen molar-refractivity contribution in [1.29, 1.82) is 0 Å². The van der Waals surface area contributed by atoms with E-state index in [9.17, 15) is 49.9 Å². The molecule has 9 nitrogen and oxygen atoms in total. The number of cyclic esters (lactones) is 1. The predicted octanol–water partition coefficient (Wildman–Crippen LogP) is 6.66. The topological polar surface area (TPSA) is 90.5 Å². The van der Waals surface area contributed by atoms with Gasteiger partial charge in [0.25, 0.3) is 5.91 Å². The molecule has 2 atom stereocenters. The monoisotopic (exact) mass is 700 g/mol. The van der Waals surface area contributed by atoms with Crippen LogP contribution in [-0.2, 0) is 26.7 Å². The van der Waals surface area contributed by atoms with Crippen molar-refractivity contribution in [2.45, 2.75) is 75.5 Å². The SMILES string of the molecule is CN(C(=O)N(C)[C@@H]1CN(C(=O)[C@H]2CC[C@H](N3C(=O)OC(C)(C)C3=O)CC2)C[C@H]1c1ccc(F)cc1)c1cc(C(F)(F)F)cc(C(F)(F)F)c1. The van der Waals surface area contributed by atoms with E-state index in [1.807, 2.05) is 0 Å². The number of rotatable bonds is 5. The lowest BCUT2D eigenvalue weighted by molar-refractivity contribution is -0.143. The highest BCUT2D eigenvalue weighted by Crippen LogP contribution is 2.40. The summed E-state index contributed by atoms with van der Waals surface area (Å²) in [5.41, 5.74) is -4.50. The van der Waals surface area contributed by atoms with E-state index >= 15 is 0 Å². The highest BCUT2D eigenvalue weighted by molar-refractivity contribution is 6.02. The minimum Gasteiger partial charge on any atom is -0.433 e. The normalized spacial score (nSPS) is 24.2. The summed E-state index contributed by atoms with van der Waals surface area (Å²) in [5.74, 6) is -2.27. The van der Waals surface area contributed by atoms with Crippen molar-refractivity contribution in [3.63, 3.8) is 0 Å². The maximum atomic E-state index is 13.8. The first-order valence-corrected chi connectivity index (χ1v) is 15.6. The number of likely N-dealkylation sites (N-methyl/N-ethyl adjacent to an activating group) is 1. The van der Waals surface area contributed by atoms with Crippen molar-refractivity contribution < 1.29 is 54.6 Å². The molecule has 5 amide bonds. The van der Waals surface area contributed by atoms with Gasteiger partial charge in [-0.25, -0.2) is 18.9 Å². The van der Waals surface area contributed by atoms with Crippen LogP contribution < -0.4 is 4.90 Å². The van der Waals surface area contributed by atoms with Crippen molar-refractivity contribution >= 4 is 29.6 Å². The van der Waals surface area contributed by atoms with Gasteiger partial charge < -0.3 is 14.5 Å². The Labute approximate surface area is 277 Å². The van der Waals surface area contributed by atoms with Crippen molar-refractivity contribution in [3.05, 3.63) is 65.0 Å². The summed E-state index contributed by atoms with van der Waals surface area (Å²) in [4.78, 5) is 57.1. The van der Waals surface area contributed by atoms with Crippen LogP contribution in [0.15, 0.2) is 42.5 Å². The van der Waals surface area contributed by atoms with Gasteiger partial charge in [0.2, 0.25) is 5.91 Å². The molecule has 3 aliphatic rings. The first kappa shape index (κ1) is 35.9. The van der Waals surface area contributed by atoms with Crippen molar-refractivity contribution in [2.75, 3.05) is 32.1 Å². The zero-order chi connectivity index (χ0) is 36.2. The van der Waals surface area contributed by atoms with Crippen molar-refractivity contribution in [1.82, 2.24) is 14.7 Å². The van der Waals surface area contributed by atoms with E-state index in [-0.39, 0.29) is 25.1 Å². The Morgan fingerprint density at radius 2 is 1.41 bits per heavy atom. The quantitative estimate of drug-likeness (QED) is 0.326. The van der Waals surface area contributed by atoms with Crippen molar-refractivity contribution in [2.24, 2.45) is 5.92 Å². The number of hydrogen-bond acceptors (Lipinski definition) is 5. The van der Waals surface area contributed by atoms with E-state index in [1.165, 1.54) is 50.1 Å². The Morgan fingerprint density at radius 3 is 1.90 bits per heavy atom. The first-order valence-electron chi connectivity index (χ1n) is 15.6. The second-order valence-corrected chi connectivity index (χ2v) is 13.2. The van der Waals surface area contributed by atoms with Gasteiger partial charge in [-0.05, 0) is 75.4 Å². The van der Waals surface area contributed by atoms with Crippen LogP contribution in [0.5, 0.6) is 0 Å². The van der Waals surface area contributed by atoms with Gasteiger partial charge >= 0.3 is 24.5 Å². The van der Waals surface area contributed by atoms with Crippen LogP contribution in [0.25, 0.3) is 0 Å². The lowest BCUT2D eigenvalue weighted by atomic mass is 9.84. The molecule has 1 saturated carbocycles. The standard InChI is InChI=1S/C33H35F7N4O5/c1-31(2)28(46)44(30(48)49-31)23-11-7-19(8-12-23)27(45)43-16-25(18-5-9-22(34)10-6-18)26(17-43)42(4)29(47)41(3)24-14-20(32(35,36)37)13-21(15-24)33(38,39)40/h5-6,9-10,13-15,19,23,25-26H,7-8,11-12,16-17H2,1-4H3/t19-,23-,25-,26+/m0/s1. The zero-order valence-electron chi connectivity index (χ0n) is 27.1. The number of hydrogen-bond donors (Lipinski definition) is 0. The summed E-state index contributed by atoms with van der Waals surface area (Å²) in [6, 6.07) is 4.13. The molecule has 2 heterocycles. The molecule has 0 bridgehead atoms. The third kappa shape index (κ3) is 7.18. The van der Waals surface area contributed by atoms with E-state index < -0.39 is 82.5 Å². The molecular formula is C33H35F7N4O5. The molecule has 0 aromatic heterocycles. The van der Waals surface area contributed by atoms with Gasteiger partial charge in [-0.3, -0.25) is 14.5 Å². The molecule has 0 spiro atoms. The number of anilines is 1. The fourth-order valence-corrected chi connectivity index (χ4v) is 6.86. The summed E-state index contributed by atoms with van der Waals surface area (Å²) in [6.45, 7) is 3.09. The molecule has 2 saturated heterocycles. The smallest absolute Gasteiger partial charge is 0.417 e. The van der Waals surface area contributed by atoms with Gasteiger partial charge in [0.15, 0.2) is 5.60 Å². The fourth-order valence-electron chi connectivity index (χ4n) is 6.86. The Kier molecular flexibility index (Phi) is 9.40. The van der Waals surface area contributed by atoms with Crippen LogP contribution >= 0.6 is 0 Å². The van der Waals surface area contributed by atoms with E-state index in [0.29, 0.717) is 48.3 Å². The number of likely N-dealkylation sites (tertiary alicyclic amines) is 1. The lowest BCUT2D eigenvalue weighted by Crippen LogP contribution is -2.48. The number of alkyl halides is 6. The van der Waals surface area contributed by atoms with Crippen molar-refractivity contribution in [3.8, 4) is 0 Å². The largest absolute Gasteiger partial charge is 0.433 e. The highest BCUT2D eigenvalue weighted by Gasteiger charge is 2.51. The summed E-state index contributed by atoms with van der Waals surface area (Å²) >= 11 is 0. The number of carbonyl (C=O) groups is 4. The Balaban J connectivity index is 1.35. The molecular weight excluding hydrogens is 665 g/mol. The molecule has 0 unspecified atom stereocenters. The van der Waals surface area contributed by atoms with Gasteiger partial charge in [0.1, 0.15) is 5.82 Å². The Bertz CT molecular complexity index is 1590. The summed E-state index contributed by atoms with van der Waals surface area (Å²) < 4.78 is 100. The van der Waals surface area contributed by atoms with Crippen LogP contribution in [0.1, 0.15) is 62.1 Å². The lowest BCUT2D eigenvalue weighted by Gasteiger charge is -2.34. The highest BCUT2D eigenvalue weighted by atomic mass is 19.4. The molecule has 1 aliphatic carbocycles. The minimum absolute atomic E-state index is 0.0155. The number of amides is 5. The fraction of sp³-hybridized carbons (Fsp3) is 0.515. The first-order chi connectivity index (χ1) is 22.7. The van der Waals surface area contributed by atoms with Crippen LogP contribution in [0, 0.1) is 11.7 Å². The molecule has 16 heteroatoms. The molecule has 0 N–H and O–H groups in total. The average Bonchev–Trinajstić information content (AvgIpc) is 3.56. The number of urea groups is 1. The number of nitrogens with zero attached hydrogens (tertiary/aromatic N) is 4. The van der Waals surface area contributed by atoms with Gasteiger partial charge in [-0.1, -0.05) is 12.1 Å². The number of halogens is 7. The van der Waals surface area contributed by atoms with E-state index in [2.05, 4.69) is 0 Å². The van der Waals surface area contributed by atoms with Gasteiger partial charge in [0, 0.05) is 50.7 Å². The van der Waals surface area contributed by atoms with E-state index in [0.717, 1.165) is 16.8 Å². The molecule has 49 heavy (non-hydrogen) atoms. The second kappa shape index (κ2) is 12.8. The van der Waals surface area contributed by atoms with E-state index in [4.69, 9.17) is 4.74 Å². The van der Waals surface area contributed by atoms with Gasteiger partial charge in [-0.2, -0.15) is 26.3 Å². The summed E-state index contributed by atoms with van der Waals surface area (Å²) in [5, 5.41) is 0.